The fourth-order valence-electron chi connectivity index (χ4n) is 2.83. The first-order chi connectivity index (χ1) is 8.13. The van der Waals surface area contributed by atoms with Gasteiger partial charge in [0.2, 0.25) is 0 Å². The summed E-state index contributed by atoms with van der Waals surface area (Å²) in [5.41, 5.74) is 0.645. The zero-order chi connectivity index (χ0) is 12.4. The van der Waals surface area contributed by atoms with E-state index in [-0.39, 0.29) is 18.1 Å². The van der Waals surface area contributed by atoms with Gasteiger partial charge in [-0.15, -0.1) is 0 Å². The van der Waals surface area contributed by atoms with E-state index in [0.29, 0.717) is 18.1 Å². The van der Waals surface area contributed by atoms with Crippen molar-refractivity contribution in [2.45, 2.75) is 38.8 Å². The number of aliphatic hydroxyl groups is 1. The molecule has 0 spiro atoms. The van der Waals surface area contributed by atoms with E-state index in [1.54, 1.807) is 13.0 Å². The summed E-state index contributed by atoms with van der Waals surface area (Å²) >= 11 is 0. The van der Waals surface area contributed by atoms with E-state index in [9.17, 15) is 9.90 Å². The summed E-state index contributed by atoms with van der Waals surface area (Å²) in [6.07, 6.45) is 3.38. The monoisotopic (exact) mass is 239 g/mol. The number of carbonyl (C=O) groups is 1. The first kappa shape index (κ1) is 12.6. The number of allylic oxidation sites excluding steroid dienone is 1. The van der Waals surface area contributed by atoms with E-state index < -0.39 is 0 Å². The SMILES string of the molecule is C/C=C(/C)C(=O)OC[C@H]1CCN2CC[C@H](O)[C@H]12. The maximum absolute atomic E-state index is 11.5. The molecule has 0 radical (unpaired) electrons. The highest BCUT2D eigenvalue weighted by Gasteiger charge is 2.43. The Bertz CT molecular complexity index is 327. The van der Waals surface area contributed by atoms with Gasteiger partial charge in [-0.3, -0.25) is 4.90 Å². The summed E-state index contributed by atoms with van der Waals surface area (Å²) in [4.78, 5) is 13.8. The van der Waals surface area contributed by atoms with Crippen molar-refractivity contribution in [2.75, 3.05) is 19.7 Å². The Morgan fingerprint density at radius 3 is 2.88 bits per heavy atom. The predicted molar refractivity (Wildman–Crippen MR) is 64.5 cm³/mol. The van der Waals surface area contributed by atoms with Crippen molar-refractivity contribution in [3.8, 4) is 0 Å². The molecule has 2 rings (SSSR count). The number of rotatable bonds is 3. The molecule has 4 heteroatoms. The highest BCUT2D eigenvalue weighted by atomic mass is 16.5. The number of esters is 1. The summed E-state index contributed by atoms with van der Waals surface area (Å²) in [7, 11) is 0. The lowest BCUT2D eigenvalue weighted by atomic mass is 9.97. The maximum atomic E-state index is 11.5. The second kappa shape index (κ2) is 5.19. The minimum absolute atomic E-state index is 0.203. The molecule has 4 nitrogen and oxygen atoms in total. The van der Waals surface area contributed by atoms with Gasteiger partial charge in [0.15, 0.2) is 0 Å². The normalized spacial score (nSPS) is 33.8. The molecule has 96 valence electrons. The summed E-state index contributed by atoms with van der Waals surface area (Å²) in [6.45, 7) is 6.02. The van der Waals surface area contributed by atoms with Gasteiger partial charge < -0.3 is 9.84 Å². The van der Waals surface area contributed by atoms with Gasteiger partial charge >= 0.3 is 5.97 Å². The van der Waals surface area contributed by atoms with Crippen LogP contribution in [0.3, 0.4) is 0 Å². The van der Waals surface area contributed by atoms with Crippen LogP contribution in [0, 0.1) is 5.92 Å². The fraction of sp³-hybridized carbons (Fsp3) is 0.769. The van der Waals surface area contributed by atoms with Crippen LogP contribution in [-0.4, -0.2) is 47.8 Å². The van der Waals surface area contributed by atoms with Crippen molar-refractivity contribution < 1.29 is 14.6 Å². The quantitative estimate of drug-likeness (QED) is 0.588. The Kier molecular flexibility index (Phi) is 3.84. The third-order valence-corrected chi connectivity index (χ3v) is 3.98. The molecule has 2 aliphatic rings. The lowest BCUT2D eigenvalue weighted by molar-refractivity contribution is -0.140. The van der Waals surface area contributed by atoms with Crippen molar-refractivity contribution in [1.29, 1.82) is 0 Å². The molecular weight excluding hydrogens is 218 g/mol. The Balaban J connectivity index is 1.86. The Morgan fingerprint density at radius 2 is 2.18 bits per heavy atom. The van der Waals surface area contributed by atoms with E-state index in [1.807, 2.05) is 6.92 Å². The lowest BCUT2D eigenvalue weighted by Crippen LogP contribution is -2.36. The Labute approximate surface area is 102 Å². The second-order valence-corrected chi connectivity index (χ2v) is 5.00. The second-order valence-electron chi connectivity index (χ2n) is 5.00. The van der Waals surface area contributed by atoms with Gasteiger partial charge in [-0.05, 0) is 33.2 Å². The summed E-state index contributed by atoms with van der Waals surface area (Å²) in [5, 5.41) is 9.90. The van der Waals surface area contributed by atoms with Gasteiger partial charge in [0.1, 0.15) is 0 Å². The van der Waals surface area contributed by atoms with Crippen molar-refractivity contribution >= 4 is 5.97 Å². The topological polar surface area (TPSA) is 49.8 Å². The van der Waals surface area contributed by atoms with Gasteiger partial charge in [0, 0.05) is 24.1 Å². The van der Waals surface area contributed by atoms with E-state index in [1.165, 1.54) is 0 Å². The number of aliphatic hydroxyl groups excluding tert-OH is 1. The molecule has 1 N–H and O–H groups in total. The molecular formula is C13H21NO3. The highest BCUT2D eigenvalue weighted by Crippen LogP contribution is 2.33. The van der Waals surface area contributed by atoms with Crippen LogP contribution in [0.15, 0.2) is 11.6 Å². The minimum atomic E-state index is -0.246. The molecule has 2 heterocycles. The summed E-state index contributed by atoms with van der Waals surface area (Å²) in [5.74, 6) is 0.0551. The lowest BCUT2D eigenvalue weighted by Gasteiger charge is -2.22. The van der Waals surface area contributed by atoms with Crippen LogP contribution >= 0.6 is 0 Å². The van der Waals surface area contributed by atoms with Crippen molar-refractivity contribution in [1.82, 2.24) is 4.90 Å². The number of fused-ring (bicyclic) bond motifs is 1. The smallest absolute Gasteiger partial charge is 0.333 e. The van der Waals surface area contributed by atoms with Crippen LogP contribution in [-0.2, 0) is 9.53 Å². The molecule has 0 aromatic rings. The molecule has 0 aromatic carbocycles. The third kappa shape index (κ3) is 2.53. The first-order valence-corrected chi connectivity index (χ1v) is 6.35. The highest BCUT2D eigenvalue weighted by molar-refractivity contribution is 5.87. The van der Waals surface area contributed by atoms with E-state index >= 15 is 0 Å². The number of ether oxygens (including phenoxy) is 1. The van der Waals surface area contributed by atoms with Gasteiger partial charge in [0.05, 0.1) is 12.7 Å². The van der Waals surface area contributed by atoms with Gasteiger partial charge in [-0.25, -0.2) is 4.79 Å². The molecule has 0 aliphatic carbocycles. The molecule has 3 atom stereocenters. The molecule has 17 heavy (non-hydrogen) atoms. The van der Waals surface area contributed by atoms with Crippen molar-refractivity contribution in [3.63, 3.8) is 0 Å². The van der Waals surface area contributed by atoms with E-state index in [2.05, 4.69) is 4.90 Å². The zero-order valence-electron chi connectivity index (χ0n) is 10.6. The van der Waals surface area contributed by atoms with Crippen LogP contribution in [0.4, 0.5) is 0 Å². The standard InChI is InChI=1S/C13H21NO3/c1-3-9(2)13(16)17-8-10-4-6-14-7-5-11(15)12(10)14/h3,10-12,15H,4-8H2,1-2H3/b9-3-/t10-,11+,12+/m1/s1. The van der Waals surface area contributed by atoms with Crippen LogP contribution < -0.4 is 0 Å². The van der Waals surface area contributed by atoms with E-state index in [0.717, 1.165) is 25.9 Å². The van der Waals surface area contributed by atoms with Gasteiger partial charge in [-0.2, -0.15) is 0 Å². The zero-order valence-corrected chi connectivity index (χ0v) is 10.6. The average Bonchev–Trinajstić information content (AvgIpc) is 2.89. The molecule has 2 fully saturated rings. The van der Waals surface area contributed by atoms with E-state index in [4.69, 9.17) is 4.74 Å². The molecule has 0 unspecified atom stereocenters. The summed E-state index contributed by atoms with van der Waals surface area (Å²) < 4.78 is 5.29. The Hall–Kier alpha value is -0.870. The molecule has 0 amide bonds. The van der Waals surface area contributed by atoms with Crippen molar-refractivity contribution in [3.05, 3.63) is 11.6 Å². The molecule has 2 saturated heterocycles. The summed E-state index contributed by atoms with van der Waals surface area (Å²) in [6, 6.07) is 0.203. The van der Waals surface area contributed by atoms with Crippen LogP contribution in [0.2, 0.25) is 0 Å². The average molecular weight is 239 g/mol. The van der Waals surface area contributed by atoms with Crippen LogP contribution in [0.1, 0.15) is 26.7 Å². The molecule has 0 aromatic heterocycles. The number of hydrogen-bond acceptors (Lipinski definition) is 4. The largest absolute Gasteiger partial charge is 0.462 e. The Morgan fingerprint density at radius 1 is 1.47 bits per heavy atom. The number of carbonyl (C=O) groups excluding carboxylic acids is 1. The van der Waals surface area contributed by atoms with Gasteiger partial charge in [0.25, 0.3) is 0 Å². The third-order valence-electron chi connectivity index (χ3n) is 3.98. The molecule has 0 bridgehead atoms. The fourth-order valence-corrected chi connectivity index (χ4v) is 2.83. The van der Waals surface area contributed by atoms with Crippen LogP contribution in [0.25, 0.3) is 0 Å². The number of hydrogen-bond donors (Lipinski definition) is 1. The predicted octanol–water partition coefficient (Wildman–Crippen LogP) is 0.951. The molecule has 0 saturated carbocycles. The maximum Gasteiger partial charge on any atom is 0.333 e. The molecule has 2 aliphatic heterocycles. The minimum Gasteiger partial charge on any atom is -0.462 e. The van der Waals surface area contributed by atoms with Gasteiger partial charge in [-0.1, -0.05) is 6.08 Å². The van der Waals surface area contributed by atoms with Crippen LogP contribution in [0.5, 0.6) is 0 Å². The number of nitrogens with zero attached hydrogens (tertiary/aromatic N) is 1. The first-order valence-electron chi connectivity index (χ1n) is 6.35. The van der Waals surface area contributed by atoms with Crippen molar-refractivity contribution in [2.24, 2.45) is 5.92 Å².